The molecule has 80 valence electrons. The monoisotopic (exact) mass is 194 g/mol. The molecule has 1 nitrogen and oxygen atoms in total. The Morgan fingerprint density at radius 3 is 2.79 bits per heavy atom. The maximum absolute atomic E-state index is 10.5. The smallest absolute Gasteiger partial charge is 0.126 e. The Hall–Kier alpha value is -0.590. The van der Waals surface area contributed by atoms with Crippen LogP contribution in [0.2, 0.25) is 0 Å². The lowest BCUT2D eigenvalue weighted by Crippen LogP contribution is -2.05. The minimum Gasteiger partial charge on any atom is -0.303 e. The zero-order valence-electron chi connectivity index (χ0n) is 9.62. The summed E-state index contributed by atoms with van der Waals surface area (Å²) in [6.07, 6.45) is 8.24. The second-order valence-corrected chi connectivity index (χ2v) is 4.71. The maximum Gasteiger partial charge on any atom is 0.126 e. The van der Waals surface area contributed by atoms with Crippen molar-refractivity contribution in [3.63, 3.8) is 0 Å². The molecule has 0 radical (unpaired) electrons. The SMILES string of the molecule is CCC(C)C1CCC(=CC(C)C=O)C1. The molecule has 0 saturated heterocycles. The van der Waals surface area contributed by atoms with Gasteiger partial charge in [-0.25, -0.2) is 0 Å². The van der Waals surface area contributed by atoms with Crippen molar-refractivity contribution in [1.82, 2.24) is 0 Å². The number of carbonyl (C=O) groups is 1. The predicted molar refractivity (Wildman–Crippen MR) is 60.1 cm³/mol. The number of rotatable bonds is 4. The molecule has 0 aliphatic heterocycles. The summed E-state index contributed by atoms with van der Waals surface area (Å²) in [6, 6.07) is 0. The number of aldehydes is 1. The minimum absolute atomic E-state index is 0.112. The van der Waals surface area contributed by atoms with Crippen molar-refractivity contribution >= 4 is 6.29 Å². The highest BCUT2D eigenvalue weighted by Gasteiger charge is 2.23. The average molecular weight is 194 g/mol. The van der Waals surface area contributed by atoms with Crippen molar-refractivity contribution in [3.05, 3.63) is 11.6 Å². The van der Waals surface area contributed by atoms with Crippen molar-refractivity contribution in [3.8, 4) is 0 Å². The van der Waals surface area contributed by atoms with Crippen LogP contribution in [0.25, 0.3) is 0 Å². The summed E-state index contributed by atoms with van der Waals surface area (Å²) in [6.45, 7) is 6.58. The van der Waals surface area contributed by atoms with Crippen molar-refractivity contribution < 1.29 is 4.79 Å². The highest BCUT2D eigenvalue weighted by molar-refractivity contribution is 5.56. The first-order valence-corrected chi connectivity index (χ1v) is 5.82. The normalized spacial score (nSPS) is 29.1. The first-order chi connectivity index (χ1) is 6.67. The van der Waals surface area contributed by atoms with Gasteiger partial charge < -0.3 is 4.79 Å². The molecule has 0 spiro atoms. The third kappa shape index (κ3) is 2.97. The molecule has 0 bridgehead atoms. The lowest BCUT2D eigenvalue weighted by molar-refractivity contribution is -0.109. The quantitative estimate of drug-likeness (QED) is 0.493. The van der Waals surface area contributed by atoms with Crippen LogP contribution in [0.15, 0.2) is 11.6 Å². The van der Waals surface area contributed by atoms with E-state index in [1.807, 2.05) is 6.92 Å². The van der Waals surface area contributed by atoms with Crippen LogP contribution >= 0.6 is 0 Å². The molecule has 1 saturated carbocycles. The summed E-state index contributed by atoms with van der Waals surface area (Å²) in [4.78, 5) is 10.5. The molecule has 1 rings (SSSR count). The van der Waals surface area contributed by atoms with E-state index in [1.54, 1.807) is 0 Å². The van der Waals surface area contributed by atoms with E-state index in [2.05, 4.69) is 19.9 Å². The fourth-order valence-corrected chi connectivity index (χ4v) is 2.29. The number of allylic oxidation sites excluding steroid dienone is 2. The molecule has 0 aromatic heterocycles. The summed E-state index contributed by atoms with van der Waals surface area (Å²) < 4.78 is 0. The summed E-state index contributed by atoms with van der Waals surface area (Å²) in [7, 11) is 0. The summed E-state index contributed by atoms with van der Waals surface area (Å²) >= 11 is 0. The first kappa shape index (κ1) is 11.5. The van der Waals surface area contributed by atoms with Gasteiger partial charge in [0.25, 0.3) is 0 Å². The van der Waals surface area contributed by atoms with Crippen LogP contribution in [0.4, 0.5) is 0 Å². The van der Waals surface area contributed by atoms with Gasteiger partial charge in [0, 0.05) is 5.92 Å². The van der Waals surface area contributed by atoms with E-state index in [1.165, 1.54) is 31.3 Å². The van der Waals surface area contributed by atoms with Gasteiger partial charge in [0.05, 0.1) is 0 Å². The Bertz CT molecular complexity index is 217. The Balaban J connectivity index is 2.48. The van der Waals surface area contributed by atoms with Crippen LogP contribution in [0.3, 0.4) is 0 Å². The summed E-state index contributed by atoms with van der Waals surface area (Å²) in [5.41, 5.74) is 1.51. The molecule has 1 aliphatic rings. The van der Waals surface area contributed by atoms with Gasteiger partial charge in [0.15, 0.2) is 0 Å². The summed E-state index contributed by atoms with van der Waals surface area (Å²) in [5, 5.41) is 0. The molecule has 0 N–H and O–H groups in total. The van der Waals surface area contributed by atoms with Gasteiger partial charge in [-0.1, -0.05) is 38.8 Å². The fraction of sp³-hybridized carbons (Fsp3) is 0.769. The number of carbonyl (C=O) groups excluding carboxylic acids is 1. The van der Waals surface area contributed by atoms with Crippen LogP contribution in [0.5, 0.6) is 0 Å². The zero-order valence-corrected chi connectivity index (χ0v) is 9.62. The summed E-state index contributed by atoms with van der Waals surface area (Å²) in [5.74, 6) is 1.82. The highest BCUT2D eigenvalue weighted by Crippen LogP contribution is 2.36. The van der Waals surface area contributed by atoms with Crippen LogP contribution in [-0.2, 0) is 4.79 Å². The topological polar surface area (TPSA) is 17.1 Å². The van der Waals surface area contributed by atoms with E-state index in [4.69, 9.17) is 0 Å². The molecular formula is C13H22O. The largest absolute Gasteiger partial charge is 0.303 e. The molecule has 0 aromatic rings. The van der Waals surface area contributed by atoms with Gasteiger partial charge in [0.2, 0.25) is 0 Å². The lowest BCUT2D eigenvalue weighted by Gasteiger charge is -2.15. The Morgan fingerprint density at radius 2 is 2.21 bits per heavy atom. The minimum atomic E-state index is 0.112. The molecule has 0 aromatic carbocycles. The standard InChI is InChI=1S/C13H22O/c1-4-11(3)13-6-5-12(8-13)7-10(2)9-14/h7,9-11,13H,4-6,8H2,1-3H3. The molecule has 3 unspecified atom stereocenters. The third-order valence-corrected chi connectivity index (χ3v) is 3.52. The van der Waals surface area contributed by atoms with Gasteiger partial charge in [-0.3, -0.25) is 0 Å². The molecule has 1 aliphatic carbocycles. The van der Waals surface area contributed by atoms with Crippen LogP contribution in [0, 0.1) is 17.8 Å². The van der Waals surface area contributed by atoms with Gasteiger partial charge >= 0.3 is 0 Å². The highest BCUT2D eigenvalue weighted by atomic mass is 16.1. The van der Waals surface area contributed by atoms with E-state index < -0.39 is 0 Å². The van der Waals surface area contributed by atoms with E-state index in [9.17, 15) is 4.79 Å². The lowest BCUT2D eigenvalue weighted by atomic mass is 9.90. The van der Waals surface area contributed by atoms with E-state index in [0.717, 1.165) is 18.1 Å². The van der Waals surface area contributed by atoms with Gasteiger partial charge in [-0.15, -0.1) is 0 Å². The van der Waals surface area contributed by atoms with Crippen molar-refractivity contribution in [2.24, 2.45) is 17.8 Å². The predicted octanol–water partition coefficient (Wildman–Crippen LogP) is 3.59. The van der Waals surface area contributed by atoms with E-state index in [-0.39, 0.29) is 5.92 Å². The Labute approximate surface area is 87.6 Å². The zero-order chi connectivity index (χ0) is 10.6. The van der Waals surface area contributed by atoms with Crippen molar-refractivity contribution in [2.45, 2.75) is 46.5 Å². The van der Waals surface area contributed by atoms with Crippen LogP contribution < -0.4 is 0 Å². The number of hydrogen-bond donors (Lipinski definition) is 0. The molecule has 1 heteroatoms. The molecule has 0 amide bonds. The third-order valence-electron chi connectivity index (χ3n) is 3.52. The van der Waals surface area contributed by atoms with Gasteiger partial charge in [-0.05, 0) is 31.1 Å². The molecule has 1 fully saturated rings. The average Bonchev–Trinajstić information content (AvgIpc) is 2.65. The molecule has 14 heavy (non-hydrogen) atoms. The first-order valence-electron chi connectivity index (χ1n) is 5.82. The van der Waals surface area contributed by atoms with Crippen molar-refractivity contribution in [2.75, 3.05) is 0 Å². The van der Waals surface area contributed by atoms with Gasteiger partial charge in [-0.2, -0.15) is 0 Å². The Morgan fingerprint density at radius 1 is 1.50 bits per heavy atom. The van der Waals surface area contributed by atoms with E-state index in [0.29, 0.717) is 0 Å². The molecular weight excluding hydrogens is 172 g/mol. The number of hydrogen-bond acceptors (Lipinski definition) is 1. The van der Waals surface area contributed by atoms with E-state index >= 15 is 0 Å². The molecule has 3 atom stereocenters. The fourth-order valence-electron chi connectivity index (χ4n) is 2.29. The Kier molecular flexibility index (Phi) is 4.37. The second kappa shape index (κ2) is 5.33. The van der Waals surface area contributed by atoms with Crippen molar-refractivity contribution in [1.29, 1.82) is 0 Å². The second-order valence-electron chi connectivity index (χ2n) is 4.71. The van der Waals surface area contributed by atoms with Gasteiger partial charge in [0.1, 0.15) is 6.29 Å². The maximum atomic E-state index is 10.5. The van der Waals surface area contributed by atoms with Crippen LogP contribution in [-0.4, -0.2) is 6.29 Å². The van der Waals surface area contributed by atoms with Crippen LogP contribution in [0.1, 0.15) is 46.5 Å². The molecule has 0 heterocycles.